The van der Waals surface area contributed by atoms with Gasteiger partial charge in [0.1, 0.15) is 16.8 Å². The summed E-state index contributed by atoms with van der Waals surface area (Å²) in [7, 11) is 2.07. The number of nitrogens with zero attached hydrogens (tertiary/aromatic N) is 4. The summed E-state index contributed by atoms with van der Waals surface area (Å²) in [5.74, 6) is 1.65. The molecule has 3 rings (SSSR count). The first-order valence-corrected chi connectivity index (χ1v) is 8.53. The van der Waals surface area contributed by atoms with Crippen LogP contribution in [-0.4, -0.2) is 48.2 Å². The zero-order chi connectivity index (χ0) is 15.4. The number of halogens is 1. The van der Waals surface area contributed by atoms with E-state index in [0.717, 1.165) is 44.5 Å². The highest BCUT2D eigenvalue weighted by molar-refractivity contribution is 7.09. The van der Waals surface area contributed by atoms with Gasteiger partial charge in [-0.05, 0) is 18.5 Å². The van der Waals surface area contributed by atoms with Gasteiger partial charge in [-0.3, -0.25) is 4.90 Å². The average molecular weight is 339 g/mol. The summed E-state index contributed by atoms with van der Waals surface area (Å²) in [6, 6.07) is 6.04. The maximum atomic E-state index is 6.17. The Morgan fingerprint density at radius 3 is 2.86 bits per heavy atom. The molecule has 5 nitrogen and oxygen atoms in total. The van der Waals surface area contributed by atoms with E-state index in [-0.39, 0.29) is 0 Å². The molecule has 0 radical (unpaired) electrons. The lowest BCUT2D eigenvalue weighted by molar-refractivity contribution is 0.122. The van der Waals surface area contributed by atoms with Crippen LogP contribution >= 0.6 is 22.9 Å². The number of anilines is 1. The number of morpholine rings is 1. The lowest BCUT2D eigenvalue weighted by atomic mass is 10.4. The quantitative estimate of drug-likeness (QED) is 0.784. The van der Waals surface area contributed by atoms with Crippen molar-refractivity contribution in [3.63, 3.8) is 0 Å². The molecule has 1 fully saturated rings. The van der Waals surface area contributed by atoms with Crippen molar-refractivity contribution in [2.75, 3.05) is 38.3 Å². The number of aromatic nitrogens is 2. The van der Waals surface area contributed by atoms with Gasteiger partial charge in [-0.15, -0.1) is 11.3 Å². The maximum absolute atomic E-state index is 6.17. The van der Waals surface area contributed by atoms with Gasteiger partial charge < -0.3 is 9.64 Å². The highest BCUT2D eigenvalue weighted by Gasteiger charge is 2.15. The van der Waals surface area contributed by atoms with Gasteiger partial charge in [-0.1, -0.05) is 17.7 Å². The van der Waals surface area contributed by atoms with E-state index in [4.69, 9.17) is 16.3 Å². The highest BCUT2D eigenvalue weighted by Crippen LogP contribution is 2.18. The van der Waals surface area contributed by atoms with E-state index >= 15 is 0 Å². The van der Waals surface area contributed by atoms with Crippen molar-refractivity contribution in [3.05, 3.63) is 39.4 Å². The molecule has 2 aromatic heterocycles. The fourth-order valence-corrected chi connectivity index (χ4v) is 3.42. The monoisotopic (exact) mass is 338 g/mol. The molecule has 0 aromatic carbocycles. The molecular formula is C15H19ClN4OS. The molecule has 0 unspecified atom stereocenters. The normalized spacial score (nSPS) is 15.5. The van der Waals surface area contributed by atoms with Crippen molar-refractivity contribution in [1.29, 1.82) is 0 Å². The Hall–Kier alpha value is -1.21. The van der Waals surface area contributed by atoms with Gasteiger partial charge in [-0.2, -0.15) is 0 Å². The van der Waals surface area contributed by atoms with Crippen LogP contribution in [0.5, 0.6) is 0 Å². The fraction of sp³-hybridized carbons (Fsp3) is 0.467. The molecule has 2 aromatic rings. The minimum atomic E-state index is 0.496. The van der Waals surface area contributed by atoms with Crippen molar-refractivity contribution in [2.24, 2.45) is 0 Å². The van der Waals surface area contributed by atoms with Crippen LogP contribution in [0.3, 0.4) is 0 Å². The van der Waals surface area contributed by atoms with Gasteiger partial charge >= 0.3 is 0 Å². The number of hydrogen-bond donors (Lipinski definition) is 0. The predicted molar refractivity (Wildman–Crippen MR) is 89.6 cm³/mol. The number of rotatable bonds is 5. The van der Waals surface area contributed by atoms with Gasteiger partial charge in [0.25, 0.3) is 0 Å². The van der Waals surface area contributed by atoms with Crippen LogP contribution < -0.4 is 4.90 Å². The van der Waals surface area contributed by atoms with E-state index in [2.05, 4.69) is 44.3 Å². The third-order valence-corrected chi connectivity index (χ3v) is 4.53. The summed E-state index contributed by atoms with van der Waals surface area (Å²) in [6.45, 7) is 4.72. The molecule has 0 aliphatic carbocycles. The van der Waals surface area contributed by atoms with Crippen LogP contribution in [0, 0.1) is 0 Å². The molecule has 0 N–H and O–H groups in total. The van der Waals surface area contributed by atoms with E-state index in [1.54, 1.807) is 11.3 Å². The second-order valence-electron chi connectivity index (χ2n) is 5.32. The zero-order valence-electron chi connectivity index (χ0n) is 12.5. The van der Waals surface area contributed by atoms with Crippen LogP contribution in [0.2, 0.25) is 5.15 Å². The summed E-state index contributed by atoms with van der Waals surface area (Å²) in [6.07, 6.45) is 0. The van der Waals surface area contributed by atoms with Crippen molar-refractivity contribution in [3.8, 4) is 0 Å². The highest BCUT2D eigenvalue weighted by atomic mass is 35.5. The molecule has 0 atom stereocenters. The fourth-order valence-electron chi connectivity index (χ4n) is 2.44. The summed E-state index contributed by atoms with van der Waals surface area (Å²) < 4.78 is 5.38. The molecule has 1 aliphatic rings. The Labute approximate surface area is 139 Å². The maximum Gasteiger partial charge on any atom is 0.146 e. The Balaban J connectivity index is 1.68. The number of ether oxygens (including phenoxy) is 1. The Bertz CT molecular complexity index is 602. The van der Waals surface area contributed by atoms with E-state index in [0.29, 0.717) is 11.7 Å². The van der Waals surface area contributed by atoms with Gasteiger partial charge in [0, 0.05) is 30.6 Å². The van der Waals surface area contributed by atoms with Gasteiger partial charge in [0.2, 0.25) is 0 Å². The van der Waals surface area contributed by atoms with E-state index in [1.165, 1.54) is 4.88 Å². The van der Waals surface area contributed by atoms with Crippen LogP contribution in [-0.2, 0) is 17.8 Å². The topological polar surface area (TPSA) is 41.5 Å². The number of hydrogen-bond acceptors (Lipinski definition) is 6. The molecule has 1 aliphatic heterocycles. The van der Waals surface area contributed by atoms with Gasteiger partial charge in [-0.25, -0.2) is 9.97 Å². The van der Waals surface area contributed by atoms with Gasteiger partial charge in [0.15, 0.2) is 0 Å². The molecule has 0 bridgehead atoms. The van der Waals surface area contributed by atoms with E-state index in [1.807, 2.05) is 6.07 Å². The smallest absolute Gasteiger partial charge is 0.146 e. The first-order chi connectivity index (χ1) is 10.7. The van der Waals surface area contributed by atoms with Gasteiger partial charge in [0.05, 0.1) is 19.8 Å². The lowest BCUT2D eigenvalue weighted by Crippen LogP contribution is -2.37. The van der Waals surface area contributed by atoms with Crippen molar-refractivity contribution < 1.29 is 4.74 Å². The van der Waals surface area contributed by atoms with E-state index < -0.39 is 0 Å². The van der Waals surface area contributed by atoms with Crippen LogP contribution in [0.1, 0.15) is 10.7 Å². The molecule has 3 heterocycles. The first-order valence-electron chi connectivity index (χ1n) is 7.28. The molecule has 0 amide bonds. The minimum absolute atomic E-state index is 0.496. The molecule has 0 saturated carbocycles. The zero-order valence-corrected chi connectivity index (χ0v) is 14.1. The summed E-state index contributed by atoms with van der Waals surface area (Å²) in [5.41, 5.74) is 0. The third kappa shape index (κ3) is 4.16. The Morgan fingerprint density at radius 2 is 2.14 bits per heavy atom. The SMILES string of the molecule is CN(Cc1nc(Cl)cc(N2CCOCC2)n1)Cc1cccs1. The second-order valence-corrected chi connectivity index (χ2v) is 6.74. The minimum Gasteiger partial charge on any atom is -0.378 e. The van der Waals surface area contributed by atoms with Crippen molar-refractivity contribution in [1.82, 2.24) is 14.9 Å². The molecule has 118 valence electrons. The summed E-state index contributed by atoms with van der Waals surface area (Å²) in [5, 5.41) is 2.59. The first kappa shape index (κ1) is 15.7. The van der Waals surface area contributed by atoms with E-state index in [9.17, 15) is 0 Å². The molecular weight excluding hydrogens is 320 g/mol. The van der Waals surface area contributed by atoms with Crippen LogP contribution in [0.15, 0.2) is 23.6 Å². The third-order valence-electron chi connectivity index (χ3n) is 3.48. The molecule has 0 spiro atoms. The summed E-state index contributed by atoms with van der Waals surface area (Å²) in [4.78, 5) is 14.7. The second kappa shape index (κ2) is 7.37. The predicted octanol–water partition coefficient (Wildman–Crippen LogP) is 2.66. The Morgan fingerprint density at radius 1 is 1.32 bits per heavy atom. The molecule has 22 heavy (non-hydrogen) atoms. The standard InChI is InChI=1S/C15H19ClN4OS/c1-19(10-12-3-2-8-22-12)11-14-17-13(16)9-15(18-14)20-4-6-21-7-5-20/h2-3,8-9H,4-7,10-11H2,1H3. The number of thiophene rings is 1. The van der Waals surface area contributed by atoms with Crippen LogP contribution in [0.4, 0.5) is 5.82 Å². The van der Waals surface area contributed by atoms with Crippen LogP contribution in [0.25, 0.3) is 0 Å². The average Bonchev–Trinajstić information content (AvgIpc) is 3.00. The Kier molecular flexibility index (Phi) is 5.25. The summed E-state index contributed by atoms with van der Waals surface area (Å²) >= 11 is 7.93. The lowest BCUT2D eigenvalue weighted by Gasteiger charge is -2.28. The van der Waals surface area contributed by atoms with Crippen molar-refractivity contribution >= 4 is 28.8 Å². The largest absolute Gasteiger partial charge is 0.378 e. The molecule has 7 heteroatoms. The molecule has 1 saturated heterocycles. The van der Waals surface area contributed by atoms with Crippen molar-refractivity contribution in [2.45, 2.75) is 13.1 Å².